The average Bonchev–Trinajstić information content (AvgIpc) is 3.14. The molecule has 25 heavy (non-hydrogen) atoms. The maximum absolute atomic E-state index is 12.9. The quantitative estimate of drug-likeness (QED) is 0.824. The second-order valence-corrected chi connectivity index (χ2v) is 7.91. The minimum atomic E-state index is -0.102. The molecule has 0 radical (unpaired) electrons. The summed E-state index contributed by atoms with van der Waals surface area (Å²) in [5, 5.41) is 5.00. The topological polar surface area (TPSA) is 32.8 Å². The van der Waals surface area contributed by atoms with Crippen LogP contribution in [0, 0.1) is 5.92 Å². The van der Waals surface area contributed by atoms with Crippen molar-refractivity contribution in [1.29, 1.82) is 0 Å². The van der Waals surface area contributed by atoms with Crippen LogP contribution in [-0.4, -0.2) is 48.5 Å². The van der Waals surface area contributed by atoms with Gasteiger partial charge >= 0.3 is 0 Å². The van der Waals surface area contributed by atoms with Gasteiger partial charge < -0.3 is 9.64 Å². The van der Waals surface area contributed by atoms with Crippen molar-refractivity contribution in [1.82, 2.24) is 9.80 Å². The highest BCUT2D eigenvalue weighted by molar-refractivity contribution is 7.07. The number of hydrogen-bond donors (Lipinski definition) is 0. The lowest BCUT2D eigenvalue weighted by molar-refractivity contribution is -0.138. The van der Waals surface area contributed by atoms with E-state index in [2.05, 4.69) is 21.7 Å². The molecule has 6 heteroatoms. The highest BCUT2D eigenvalue weighted by Gasteiger charge is 2.31. The highest BCUT2D eigenvalue weighted by Crippen LogP contribution is 2.30. The van der Waals surface area contributed by atoms with Gasteiger partial charge in [-0.15, -0.1) is 0 Å². The Morgan fingerprint density at radius 1 is 1.24 bits per heavy atom. The summed E-state index contributed by atoms with van der Waals surface area (Å²) in [4.78, 5) is 17.3. The van der Waals surface area contributed by atoms with E-state index < -0.39 is 0 Å². The zero-order valence-corrected chi connectivity index (χ0v) is 15.6. The van der Waals surface area contributed by atoms with Gasteiger partial charge in [-0.1, -0.05) is 11.6 Å². The van der Waals surface area contributed by atoms with Gasteiger partial charge in [0.15, 0.2) is 0 Å². The van der Waals surface area contributed by atoms with Gasteiger partial charge in [0, 0.05) is 37.7 Å². The van der Waals surface area contributed by atoms with Crippen molar-refractivity contribution in [2.45, 2.75) is 13.0 Å². The molecule has 3 heterocycles. The van der Waals surface area contributed by atoms with Crippen LogP contribution in [0.1, 0.15) is 11.1 Å². The van der Waals surface area contributed by atoms with E-state index in [1.807, 2.05) is 23.1 Å². The third-order valence-electron chi connectivity index (χ3n) is 4.95. The van der Waals surface area contributed by atoms with Crippen molar-refractivity contribution < 1.29 is 9.53 Å². The Kier molecular flexibility index (Phi) is 4.97. The van der Waals surface area contributed by atoms with Crippen LogP contribution in [-0.2, 0) is 17.8 Å². The fraction of sp³-hybridized carbons (Fsp3) is 0.421. The SMILES string of the molecule is O=C([C@@H]1COc2ccc(Cl)cc2C1)N1CCN(Cc2ccsc2)CC1. The monoisotopic (exact) mass is 376 g/mol. The van der Waals surface area contributed by atoms with E-state index >= 15 is 0 Å². The lowest BCUT2D eigenvalue weighted by Crippen LogP contribution is -2.51. The first-order valence-electron chi connectivity index (χ1n) is 8.62. The second-order valence-electron chi connectivity index (χ2n) is 6.70. The summed E-state index contributed by atoms with van der Waals surface area (Å²) in [5.41, 5.74) is 2.40. The number of benzene rings is 1. The molecule has 1 saturated heterocycles. The van der Waals surface area contributed by atoms with Crippen molar-refractivity contribution in [3.8, 4) is 5.75 Å². The van der Waals surface area contributed by atoms with E-state index in [0.717, 1.165) is 44.0 Å². The molecule has 1 amide bonds. The molecular weight excluding hydrogens is 356 g/mol. The largest absolute Gasteiger partial charge is 0.492 e. The molecule has 1 fully saturated rings. The predicted octanol–water partition coefficient (Wildman–Crippen LogP) is 3.30. The Bertz CT molecular complexity index is 742. The molecule has 2 aliphatic heterocycles. The first-order chi connectivity index (χ1) is 12.2. The van der Waals surface area contributed by atoms with E-state index in [1.54, 1.807) is 11.3 Å². The van der Waals surface area contributed by atoms with Gasteiger partial charge in [0.2, 0.25) is 5.91 Å². The number of nitrogens with zero attached hydrogens (tertiary/aromatic N) is 2. The summed E-state index contributed by atoms with van der Waals surface area (Å²) >= 11 is 7.80. The molecule has 2 aromatic rings. The molecule has 1 atom stereocenters. The van der Waals surface area contributed by atoms with Crippen LogP contribution in [0.5, 0.6) is 5.75 Å². The van der Waals surface area contributed by atoms with Crippen LogP contribution in [0.2, 0.25) is 5.02 Å². The van der Waals surface area contributed by atoms with Gasteiger partial charge in [-0.25, -0.2) is 0 Å². The summed E-state index contributed by atoms with van der Waals surface area (Å²) in [6.45, 7) is 4.88. The number of halogens is 1. The van der Waals surface area contributed by atoms with E-state index in [9.17, 15) is 4.79 Å². The average molecular weight is 377 g/mol. The minimum absolute atomic E-state index is 0.102. The summed E-state index contributed by atoms with van der Waals surface area (Å²) in [5.74, 6) is 0.962. The number of fused-ring (bicyclic) bond motifs is 1. The van der Waals surface area contributed by atoms with E-state index in [-0.39, 0.29) is 11.8 Å². The maximum Gasteiger partial charge on any atom is 0.229 e. The van der Waals surface area contributed by atoms with Gasteiger partial charge in [0.1, 0.15) is 12.4 Å². The normalized spacial score (nSPS) is 20.8. The standard InChI is InChI=1S/C19H21ClN2O2S/c20-17-1-2-18-15(10-17)9-16(12-24-18)19(23)22-6-4-21(5-7-22)11-14-3-8-25-13-14/h1-3,8,10,13,16H,4-7,9,11-12H2/t16-/m0/s1. The number of amides is 1. The van der Waals surface area contributed by atoms with E-state index in [1.165, 1.54) is 5.56 Å². The minimum Gasteiger partial charge on any atom is -0.492 e. The highest BCUT2D eigenvalue weighted by atomic mass is 35.5. The number of piperazine rings is 1. The zero-order valence-electron chi connectivity index (χ0n) is 14.0. The number of hydrogen-bond acceptors (Lipinski definition) is 4. The van der Waals surface area contributed by atoms with Crippen LogP contribution < -0.4 is 4.74 Å². The summed E-state index contributed by atoms with van der Waals surface area (Å²) in [6, 6.07) is 7.80. The third kappa shape index (κ3) is 3.84. The van der Waals surface area contributed by atoms with E-state index in [4.69, 9.17) is 16.3 Å². The van der Waals surface area contributed by atoms with Gasteiger partial charge in [-0.2, -0.15) is 11.3 Å². The molecule has 0 aliphatic carbocycles. The van der Waals surface area contributed by atoms with Crippen molar-refractivity contribution in [2.24, 2.45) is 5.92 Å². The molecule has 0 N–H and O–H groups in total. The first-order valence-corrected chi connectivity index (χ1v) is 9.94. The smallest absolute Gasteiger partial charge is 0.229 e. The summed E-state index contributed by atoms with van der Waals surface area (Å²) in [6.07, 6.45) is 0.712. The third-order valence-corrected chi connectivity index (χ3v) is 5.92. The van der Waals surface area contributed by atoms with Crippen LogP contribution in [0.25, 0.3) is 0 Å². The Hall–Kier alpha value is -1.56. The lowest BCUT2D eigenvalue weighted by atomic mass is 9.95. The van der Waals surface area contributed by atoms with Crippen molar-refractivity contribution in [2.75, 3.05) is 32.8 Å². The van der Waals surface area contributed by atoms with Crippen LogP contribution in [0.3, 0.4) is 0 Å². The van der Waals surface area contributed by atoms with Crippen molar-refractivity contribution in [3.05, 3.63) is 51.2 Å². The predicted molar refractivity (Wildman–Crippen MR) is 100 cm³/mol. The molecule has 2 aliphatic rings. The fourth-order valence-corrected chi connectivity index (χ4v) is 4.40. The van der Waals surface area contributed by atoms with Crippen LogP contribution in [0.15, 0.2) is 35.0 Å². The van der Waals surface area contributed by atoms with Gasteiger partial charge in [0.25, 0.3) is 0 Å². The number of carbonyl (C=O) groups is 1. The Labute approximate surface area is 156 Å². The van der Waals surface area contributed by atoms with Gasteiger partial charge in [-0.05, 0) is 52.6 Å². The molecular formula is C19H21ClN2O2S. The molecule has 1 aromatic heterocycles. The van der Waals surface area contributed by atoms with Crippen molar-refractivity contribution >= 4 is 28.8 Å². The number of rotatable bonds is 3. The first kappa shape index (κ1) is 16.9. The summed E-state index contributed by atoms with van der Waals surface area (Å²) in [7, 11) is 0. The van der Waals surface area contributed by atoms with Crippen molar-refractivity contribution in [3.63, 3.8) is 0 Å². The Morgan fingerprint density at radius 3 is 2.84 bits per heavy atom. The van der Waals surface area contributed by atoms with Crippen LogP contribution >= 0.6 is 22.9 Å². The zero-order chi connectivity index (χ0) is 17.2. The lowest BCUT2D eigenvalue weighted by Gasteiger charge is -2.37. The number of carbonyl (C=O) groups excluding carboxylic acids is 1. The second kappa shape index (κ2) is 7.36. The molecule has 0 unspecified atom stereocenters. The molecule has 0 spiro atoms. The Morgan fingerprint density at radius 2 is 2.08 bits per heavy atom. The van der Waals surface area contributed by atoms with Gasteiger partial charge in [-0.3, -0.25) is 9.69 Å². The molecule has 4 rings (SSSR count). The van der Waals surface area contributed by atoms with Gasteiger partial charge in [0.05, 0.1) is 5.92 Å². The fourth-order valence-electron chi connectivity index (χ4n) is 3.55. The molecule has 0 saturated carbocycles. The molecule has 132 valence electrons. The van der Waals surface area contributed by atoms with E-state index in [0.29, 0.717) is 18.1 Å². The number of thiophene rings is 1. The maximum atomic E-state index is 12.9. The Balaban J connectivity index is 1.33. The number of ether oxygens (including phenoxy) is 1. The molecule has 1 aromatic carbocycles. The summed E-state index contributed by atoms with van der Waals surface area (Å²) < 4.78 is 5.78. The molecule has 4 nitrogen and oxygen atoms in total. The van der Waals surface area contributed by atoms with Crippen LogP contribution in [0.4, 0.5) is 0 Å². The molecule has 0 bridgehead atoms.